The lowest BCUT2D eigenvalue weighted by Gasteiger charge is -1.97. The van der Waals surface area contributed by atoms with Crippen LogP contribution in [0, 0.1) is 6.92 Å². The highest BCUT2D eigenvalue weighted by Crippen LogP contribution is 2.27. The van der Waals surface area contributed by atoms with Crippen LogP contribution in [-0.4, -0.2) is 10.4 Å². The summed E-state index contributed by atoms with van der Waals surface area (Å²) >= 11 is 6.98. The van der Waals surface area contributed by atoms with Crippen molar-refractivity contribution in [1.82, 2.24) is 3.82 Å². The van der Waals surface area contributed by atoms with E-state index in [0.717, 1.165) is 11.4 Å². The monoisotopic (exact) mass is 134 g/mol. The van der Waals surface area contributed by atoms with Crippen LogP contribution in [-0.2, 0) is 0 Å². The molecule has 1 radical (unpaired) electrons. The van der Waals surface area contributed by atoms with Crippen LogP contribution >= 0.6 is 23.7 Å². The first-order valence-electron chi connectivity index (χ1n) is 1.92. The van der Waals surface area contributed by atoms with Gasteiger partial charge >= 0.3 is 0 Å². The second-order valence-electron chi connectivity index (χ2n) is 1.26. The van der Waals surface area contributed by atoms with Crippen molar-refractivity contribution in [1.29, 1.82) is 0 Å². The van der Waals surface area contributed by atoms with Gasteiger partial charge in [-0.25, -0.2) is 0 Å². The molecule has 0 bridgehead atoms. The first kappa shape index (κ1) is 5.48. The van der Waals surface area contributed by atoms with Gasteiger partial charge in [-0.3, -0.25) is 0 Å². The van der Waals surface area contributed by atoms with Gasteiger partial charge in [0, 0.05) is 6.54 Å². The van der Waals surface area contributed by atoms with Crippen molar-refractivity contribution in [2.45, 2.75) is 0 Å². The van der Waals surface area contributed by atoms with E-state index in [1.807, 2.05) is 6.08 Å². The van der Waals surface area contributed by atoms with Crippen LogP contribution in [0.25, 0.3) is 0 Å². The van der Waals surface area contributed by atoms with Crippen molar-refractivity contribution in [2.75, 3.05) is 6.54 Å². The van der Waals surface area contributed by atoms with E-state index in [2.05, 4.69) is 6.92 Å². The van der Waals surface area contributed by atoms with E-state index in [1.54, 1.807) is 3.82 Å². The molecule has 7 heavy (non-hydrogen) atoms. The summed E-state index contributed by atoms with van der Waals surface area (Å²) in [5, 5.41) is 0. The van der Waals surface area contributed by atoms with Crippen LogP contribution in [0.4, 0.5) is 0 Å². The first-order chi connectivity index (χ1) is 3.29. The van der Waals surface area contributed by atoms with Gasteiger partial charge in [-0.15, -0.1) is 0 Å². The van der Waals surface area contributed by atoms with Crippen LogP contribution in [0.3, 0.4) is 0 Å². The molecule has 3 heteroatoms. The smallest absolute Gasteiger partial charge is 0.0448 e. The maximum atomic E-state index is 5.51. The molecule has 0 aromatic rings. The number of nitrogens with zero attached hydrogens (tertiary/aromatic N) is 1. The second-order valence-corrected chi connectivity index (χ2v) is 3.02. The summed E-state index contributed by atoms with van der Waals surface area (Å²) in [5.41, 5.74) is 0. The highest BCUT2D eigenvalue weighted by molar-refractivity contribution is 8.02. The predicted octanol–water partition coefficient (Wildman–Crippen LogP) is 1.82. The number of halogens is 1. The minimum Gasteiger partial charge on any atom is -0.155 e. The third-order valence-electron chi connectivity index (χ3n) is 0.679. The molecular weight excluding hydrogens is 130 g/mol. The minimum atomic E-state index is 0.811. The Morgan fingerprint density at radius 3 is 2.86 bits per heavy atom. The minimum absolute atomic E-state index is 0.811. The maximum Gasteiger partial charge on any atom is 0.0448 e. The molecule has 0 amide bonds. The average Bonchev–Trinajstić information content (AvgIpc) is 1.87. The van der Waals surface area contributed by atoms with E-state index in [-0.39, 0.29) is 0 Å². The van der Waals surface area contributed by atoms with Gasteiger partial charge < -0.3 is 0 Å². The molecular formula is C4H5ClNS. The molecule has 0 saturated heterocycles. The normalized spacial score (nSPS) is 22.9. The zero-order valence-electron chi connectivity index (χ0n) is 3.72. The third kappa shape index (κ3) is 1.37. The summed E-state index contributed by atoms with van der Waals surface area (Å²) in [5.74, 6) is 0. The van der Waals surface area contributed by atoms with Gasteiger partial charge in [-0.05, 0) is 35.6 Å². The number of allylic oxidation sites excluding steroid dienone is 1. The van der Waals surface area contributed by atoms with E-state index in [9.17, 15) is 0 Å². The van der Waals surface area contributed by atoms with Crippen molar-refractivity contribution in [3.05, 3.63) is 17.9 Å². The lowest BCUT2D eigenvalue weighted by Crippen LogP contribution is -1.92. The van der Waals surface area contributed by atoms with Gasteiger partial charge in [0.25, 0.3) is 0 Å². The summed E-state index contributed by atoms with van der Waals surface area (Å²) in [4.78, 5) is 1.04. The molecule has 1 heterocycles. The van der Waals surface area contributed by atoms with Gasteiger partial charge in [0.2, 0.25) is 0 Å². The van der Waals surface area contributed by atoms with E-state index in [4.69, 9.17) is 11.8 Å². The predicted molar refractivity (Wildman–Crippen MR) is 33.6 cm³/mol. The van der Waals surface area contributed by atoms with Crippen molar-refractivity contribution in [3.8, 4) is 0 Å². The molecule has 1 aliphatic rings. The van der Waals surface area contributed by atoms with E-state index >= 15 is 0 Å². The lowest BCUT2D eigenvalue weighted by atomic mass is 10.5. The van der Waals surface area contributed by atoms with Crippen molar-refractivity contribution in [2.24, 2.45) is 0 Å². The molecule has 0 fully saturated rings. The first-order valence-corrected chi connectivity index (χ1v) is 3.03. The SMILES string of the molecule is [CH2]C1=CCN(Cl)S1. The Morgan fingerprint density at radius 2 is 2.71 bits per heavy atom. The van der Waals surface area contributed by atoms with Gasteiger partial charge in [-0.1, -0.05) is 6.08 Å². The molecule has 0 unspecified atom stereocenters. The zero-order valence-corrected chi connectivity index (χ0v) is 5.30. The number of hydrogen-bond donors (Lipinski definition) is 0. The molecule has 39 valence electrons. The van der Waals surface area contributed by atoms with Crippen molar-refractivity contribution < 1.29 is 0 Å². The molecule has 1 rings (SSSR count). The Morgan fingerprint density at radius 1 is 2.00 bits per heavy atom. The van der Waals surface area contributed by atoms with Crippen molar-refractivity contribution >= 4 is 23.7 Å². The Bertz CT molecular complexity index is 102. The summed E-state index contributed by atoms with van der Waals surface area (Å²) in [7, 11) is 0. The Balaban J connectivity index is 2.42. The van der Waals surface area contributed by atoms with Crippen LogP contribution in [0.1, 0.15) is 0 Å². The summed E-state index contributed by atoms with van der Waals surface area (Å²) in [6.45, 7) is 4.50. The highest BCUT2D eigenvalue weighted by atomic mass is 35.5. The molecule has 0 atom stereocenters. The van der Waals surface area contributed by atoms with Crippen LogP contribution in [0.2, 0.25) is 0 Å². The average molecular weight is 135 g/mol. The van der Waals surface area contributed by atoms with E-state index < -0.39 is 0 Å². The Kier molecular flexibility index (Phi) is 1.62. The Hall–Kier alpha value is 0.340. The lowest BCUT2D eigenvalue weighted by molar-refractivity contribution is 0.841. The summed E-state index contributed by atoms with van der Waals surface area (Å²) < 4.78 is 1.61. The zero-order chi connectivity index (χ0) is 5.28. The fourth-order valence-electron chi connectivity index (χ4n) is 0.375. The second kappa shape index (κ2) is 2.07. The number of rotatable bonds is 0. The molecule has 0 aromatic carbocycles. The molecule has 0 aromatic heterocycles. The van der Waals surface area contributed by atoms with E-state index in [0.29, 0.717) is 0 Å². The largest absolute Gasteiger partial charge is 0.155 e. The standard InChI is InChI=1S/C4H5ClNS/c1-4-2-3-6(5)7-4/h2H,1,3H2. The highest BCUT2D eigenvalue weighted by Gasteiger charge is 2.06. The fraction of sp³-hybridized carbons (Fsp3) is 0.250. The Labute approximate surface area is 52.6 Å². The third-order valence-corrected chi connectivity index (χ3v) is 1.77. The van der Waals surface area contributed by atoms with Crippen LogP contribution in [0.5, 0.6) is 0 Å². The molecule has 0 aliphatic carbocycles. The fourth-order valence-corrected chi connectivity index (χ4v) is 1.26. The van der Waals surface area contributed by atoms with Gasteiger partial charge in [0.05, 0.1) is 0 Å². The topological polar surface area (TPSA) is 3.24 Å². The molecule has 0 N–H and O–H groups in total. The van der Waals surface area contributed by atoms with Crippen molar-refractivity contribution in [3.63, 3.8) is 0 Å². The molecule has 0 spiro atoms. The summed E-state index contributed by atoms with van der Waals surface area (Å²) in [6, 6.07) is 0. The van der Waals surface area contributed by atoms with E-state index in [1.165, 1.54) is 11.9 Å². The van der Waals surface area contributed by atoms with Crippen LogP contribution < -0.4 is 0 Å². The van der Waals surface area contributed by atoms with Gasteiger partial charge in [-0.2, -0.15) is 3.82 Å². The summed E-state index contributed by atoms with van der Waals surface area (Å²) in [6.07, 6.45) is 1.98. The maximum absolute atomic E-state index is 5.51. The number of hydrogen-bond acceptors (Lipinski definition) is 2. The molecule has 1 nitrogen and oxygen atoms in total. The quantitative estimate of drug-likeness (QED) is 0.367. The van der Waals surface area contributed by atoms with Gasteiger partial charge in [0.15, 0.2) is 0 Å². The molecule has 0 saturated carbocycles. The molecule has 1 aliphatic heterocycles. The van der Waals surface area contributed by atoms with Crippen LogP contribution in [0.15, 0.2) is 11.0 Å². The van der Waals surface area contributed by atoms with Gasteiger partial charge in [0.1, 0.15) is 0 Å².